The fraction of sp³-hybridized carbons (Fsp3) is 0.370. The van der Waals surface area contributed by atoms with Gasteiger partial charge in [0.2, 0.25) is 5.78 Å². The number of carbonyl (C=O) groups is 2. The molecule has 4 aromatic rings. The van der Waals surface area contributed by atoms with Crippen molar-refractivity contribution < 1.29 is 18.8 Å². The number of fused-ring (bicyclic) bond motifs is 2. The van der Waals surface area contributed by atoms with Crippen LogP contribution in [0.15, 0.2) is 39.6 Å². The maximum Gasteiger partial charge on any atom is 0.338 e. The average Bonchev–Trinajstić information content (AvgIpc) is 3.39. The standard InChI is InChI=1S/C27H28N4O5/c1-16-12-21(18(3)31(16)25-13-17(2)36-29-25)23(32)15-35-27(34)19-9-10-20-22(14-19)28-24-8-6-4-5-7-11-30(24)26(20)33/h9-10,12-14H,4-8,11,15H2,1-3H3. The number of ketones is 1. The molecular formula is C27H28N4O5. The van der Waals surface area contributed by atoms with Crippen molar-refractivity contribution in [2.45, 2.75) is 59.4 Å². The number of ether oxygens (including phenoxy) is 1. The van der Waals surface area contributed by atoms with E-state index in [1.54, 1.807) is 41.8 Å². The van der Waals surface area contributed by atoms with Gasteiger partial charge >= 0.3 is 5.97 Å². The molecule has 1 aliphatic heterocycles. The average molecular weight is 489 g/mol. The van der Waals surface area contributed by atoms with E-state index in [0.29, 0.717) is 40.3 Å². The Bertz CT molecular complexity index is 1540. The third-order valence-corrected chi connectivity index (χ3v) is 6.71. The zero-order valence-corrected chi connectivity index (χ0v) is 20.7. The fourth-order valence-electron chi connectivity index (χ4n) is 4.87. The van der Waals surface area contributed by atoms with Gasteiger partial charge in [0.25, 0.3) is 5.56 Å². The first-order valence-electron chi connectivity index (χ1n) is 12.2. The highest BCUT2D eigenvalue weighted by atomic mass is 16.5. The zero-order chi connectivity index (χ0) is 25.4. The van der Waals surface area contributed by atoms with E-state index in [4.69, 9.17) is 14.2 Å². The van der Waals surface area contributed by atoms with Crippen LogP contribution in [0, 0.1) is 20.8 Å². The van der Waals surface area contributed by atoms with E-state index in [2.05, 4.69) is 5.16 Å². The molecule has 0 radical (unpaired) electrons. The second-order valence-electron chi connectivity index (χ2n) is 9.30. The Kier molecular flexibility index (Phi) is 6.30. The molecule has 0 bridgehead atoms. The van der Waals surface area contributed by atoms with E-state index in [1.807, 2.05) is 18.4 Å². The van der Waals surface area contributed by atoms with Crippen LogP contribution in [0.3, 0.4) is 0 Å². The van der Waals surface area contributed by atoms with Gasteiger partial charge in [-0.3, -0.25) is 18.7 Å². The SMILES string of the molecule is Cc1cc(-n2c(C)cc(C(=O)COC(=O)c3ccc4c(=O)n5c(nc4c3)CCCCCC5)c2C)no1. The Morgan fingerprint density at radius 2 is 1.86 bits per heavy atom. The van der Waals surface area contributed by atoms with E-state index in [-0.39, 0.29) is 16.9 Å². The summed E-state index contributed by atoms with van der Waals surface area (Å²) in [5, 5.41) is 4.50. The van der Waals surface area contributed by atoms with Crippen molar-refractivity contribution in [1.82, 2.24) is 19.3 Å². The number of aromatic nitrogens is 4. The molecule has 1 aromatic carbocycles. The van der Waals surface area contributed by atoms with Crippen molar-refractivity contribution in [3.8, 4) is 5.82 Å². The van der Waals surface area contributed by atoms with E-state index < -0.39 is 12.6 Å². The Hall–Kier alpha value is -4.01. The van der Waals surface area contributed by atoms with Crippen molar-refractivity contribution in [2.24, 2.45) is 0 Å². The highest BCUT2D eigenvalue weighted by Gasteiger charge is 2.21. The Labute approximate surface area is 207 Å². The maximum absolute atomic E-state index is 13.0. The lowest BCUT2D eigenvalue weighted by Gasteiger charge is -2.16. The lowest BCUT2D eigenvalue weighted by atomic mass is 10.1. The van der Waals surface area contributed by atoms with Crippen LogP contribution >= 0.6 is 0 Å². The first-order valence-corrected chi connectivity index (χ1v) is 12.2. The third-order valence-electron chi connectivity index (χ3n) is 6.71. The molecule has 1 aliphatic rings. The van der Waals surface area contributed by atoms with Gasteiger partial charge in [-0.15, -0.1) is 0 Å². The van der Waals surface area contributed by atoms with E-state index >= 15 is 0 Å². The summed E-state index contributed by atoms with van der Waals surface area (Å²) in [6, 6.07) is 8.27. The molecule has 0 fully saturated rings. The van der Waals surface area contributed by atoms with Crippen molar-refractivity contribution in [2.75, 3.05) is 6.61 Å². The predicted octanol–water partition coefficient (Wildman–Crippen LogP) is 4.26. The van der Waals surface area contributed by atoms with Crippen molar-refractivity contribution in [1.29, 1.82) is 0 Å². The monoisotopic (exact) mass is 488 g/mol. The topological polar surface area (TPSA) is 109 Å². The van der Waals surface area contributed by atoms with E-state index in [0.717, 1.165) is 43.6 Å². The fourth-order valence-corrected chi connectivity index (χ4v) is 4.87. The third kappa shape index (κ3) is 4.36. The summed E-state index contributed by atoms with van der Waals surface area (Å²) >= 11 is 0. The molecule has 4 heterocycles. The number of Topliss-reactive ketones (excluding diaryl/α,β-unsaturated/α-hetero) is 1. The molecule has 0 N–H and O–H groups in total. The van der Waals surface area contributed by atoms with Gasteiger partial charge in [-0.1, -0.05) is 18.0 Å². The lowest BCUT2D eigenvalue weighted by molar-refractivity contribution is 0.0474. The number of esters is 1. The minimum absolute atomic E-state index is 0.0790. The number of carbonyl (C=O) groups excluding carboxylic acids is 2. The number of hydrogen-bond acceptors (Lipinski definition) is 7. The summed E-state index contributed by atoms with van der Waals surface area (Å²) in [7, 11) is 0. The van der Waals surface area contributed by atoms with Gasteiger partial charge < -0.3 is 9.26 Å². The van der Waals surface area contributed by atoms with Crippen LogP contribution < -0.4 is 5.56 Å². The molecule has 0 spiro atoms. The molecule has 3 aromatic heterocycles. The summed E-state index contributed by atoms with van der Waals surface area (Å²) in [5.41, 5.74) is 2.60. The molecule has 9 nitrogen and oxygen atoms in total. The molecule has 0 amide bonds. The van der Waals surface area contributed by atoms with Crippen LogP contribution in [0.25, 0.3) is 16.7 Å². The molecule has 36 heavy (non-hydrogen) atoms. The van der Waals surface area contributed by atoms with Crippen LogP contribution in [0.1, 0.15) is 69.4 Å². The Morgan fingerprint density at radius 1 is 1.06 bits per heavy atom. The highest BCUT2D eigenvalue weighted by Crippen LogP contribution is 2.22. The van der Waals surface area contributed by atoms with Gasteiger partial charge in [0.05, 0.1) is 16.5 Å². The smallest absolute Gasteiger partial charge is 0.338 e. The number of hydrogen-bond donors (Lipinski definition) is 0. The summed E-state index contributed by atoms with van der Waals surface area (Å²) < 4.78 is 14.1. The van der Waals surface area contributed by atoms with Gasteiger partial charge in [-0.25, -0.2) is 9.78 Å². The molecule has 0 aliphatic carbocycles. The summed E-state index contributed by atoms with van der Waals surface area (Å²) in [6.07, 6.45) is 4.91. The molecule has 0 atom stereocenters. The second kappa shape index (κ2) is 9.56. The van der Waals surface area contributed by atoms with Crippen molar-refractivity contribution in [3.63, 3.8) is 0 Å². The number of nitrogens with zero attached hydrogens (tertiary/aromatic N) is 4. The molecule has 0 saturated carbocycles. The van der Waals surface area contributed by atoms with Crippen LogP contribution in [0.4, 0.5) is 0 Å². The minimum atomic E-state index is -0.639. The quantitative estimate of drug-likeness (QED) is 0.305. The summed E-state index contributed by atoms with van der Waals surface area (Å²) in [6.45, 7) is 5.74. The molecule has 0 unspecified atom stereocenters. The molecular weight excluding hydrogens is 460 g/mol. The first-order chi connectivity index (χ1) is 17.3. The largest absolute Gasteiger partial charge is 0.454 e. The van der Waals surface area contributed by atoms with Crippen LogP contribution in [-0.4, -0.2) is 37.6 Å². The number of rotatable bonds is 5. The highest BCUT2D eigenvalue weighted by molar-refractivity contribution is 6.01. The minimum Gasteiger partial charge on any atom is -0.454 e. The first kappa shape index (κ1) is 23.7. The van der Waals surface area contributed by atoms with E-state index in [9.17, 15) is 14.4 Å². The van der Waals surface area contributed by atoms with Crippen molar-refractivity contribution in [3.05, 3.63) is 74.8 Å². The van der Waals surface area contributed by atoms with Crippen molar-refractivity contribution >= 4 is 22.7 Å². The van der Waals surface area contributed by atoms with Gasteiger partial charge in [-0.05, 0) is 57.9 Å². The molecule has 186 valence electrons. The second-order valence-corrected chi connectivity index (χ2v) is 9.30. The van der Waals surface area contributed by atoms with Crippen LogP contribution in [0.5, 0.6) is 0 Å². The van der Waals surface area contributed by atoms with Crippen LogP contribution in [-0.2, 0) is 17.7 Å². The number of benzene rings is 1. The molecule has 0 saturated heterocycles. The van der Waals surface area contributed by atoms with Gasteiger partial charge in [0.1, 0.15) is 11.6 Å². The number of aryl methyl sites for hydroxylation is 3. The zero-order valence-electron chi connectivity index (χ0n) is 20.7. The molecule has 5 rings (SSSR count). The summed E-state index contributed by atoms with van der Waals surface area (Å²) in [5.74, 6) is 1.05. The summed E-state index contributed by atoms with van der Waals surface area (Å²) in [4.78, 5) is 43.4. The van der Waals surface area contributed by atoms with Gasteiger partial charge in [0.15, 0.2) is 12.4 Å². The Morgan fingerprint density at radius 3 is 2.64 bits per heavy atom. The van der Waals surface area contributed by atoms with Gasteiger partial charge in [-0.2, -0.15) is 0 Å². The predicted molar refractivity (Wildman–Crippen MR) is 133 cm³/mol. The van der Waals surface area contributed by atoms with E-state index in [1.165, 1.54) is 0 Å². The maximum atomic E-state index is 13.0. The lowest BCUT2D eigenvalue weighted by Crippen LogP contribution is -2.26. The van der Waals surface area contributed by atoms with Crippen LogP contribution in [0.2, 0.25) is 0 Å². The normalized spacial score (nSPS) is 13.8. The van der Waals surface area contributed by atoms with Gasteiger partial charge in [0, 0.05) is 36.0 Å². The molecule has 9 heteroatoms. The Balaban J connectivity index is 1.34.